The molecule has 0 aliphatic rings. The maximum atomic E-state index is 13.1. The van der Waals surface area contributed by atoms with Gasteiger partial charge in [0.25, 0.3) is 0 Å². The molecule has 0 radical (unpaired) electrons. The molecule has 0 spiro atoms. The van der Waals surface area contributed by atoms with Crippen LogP contribution in [0.5, 0.6) is 5.88 Å². The summed E-state index contributed by atoms with van der Waals surface area (Å²) < 4.78 is 18.6. The van der Waals surface area contributed by atoms with Crippen LogP contribution in [-0.2, 0) is 0 Å². The number of likely N-dealkylation sites (N-methyl/N-ethyl adjacent to an activating group) is 1. The Morgan fingerprint density at radius 3 is 2.81 bits per heavy atom. The minimum absolute atomic E-state index is 0.0523. The van der Waals surface area contributed by atoms with E-state index in [4.69, 9.17) is 16.3 Å². The van der Waals surface area contributed by atoms with Crippen LogP contribution >= 0.6 is 11.6 Å². The lowest BCUT2D eigenvalue weighted by molar-refractivity contribution is 0.253. The molecule has 112 valence electrons. The van der Waals surface area contributed by atoms with Gasteiger partial charge in [-0.1, -0.05) is 11.6 Å². The molecular weight excluding hydrogens is 295 g/mol. The molecule has 0 atom stereocenters. The molecule has 0 aliphatic carbocycles. The average Bonchev–Trinajstić information content (AvgIpc) is 2.43. The van der Waals surface area contributed by atoms with Crippen molar-refractivity contribution < 1.29 is 9.13 Å². The molecule has 2 rings (SSSR count). The number of aromatic nitrogens is 2. The lowest BCUT2D eigenvalue weighted by atomic mass is 10.3. The molecule has 1 aromatic carbocycles. The third-order valence-corrected chi connectivity index (χ3v) is 2.91. The molecule has 0 unspecified atom stereocenters. The summed E-state index contributed by atoms with van der Waals surface area (Å²) in [4.78, 5) is 10.1. The lowest BCUT2D eigenvalue weighted by Crippen LogP contribution is -2.19. The number of halogens is 2. The van der Waals surface area contributed by atoms with Gasteiger partial charge in [-0.25, -0.2) is 14.4 Å². The number of nitrogens with one attached hydrogen (secondary N) is 1. The van der Waals surface area contributed by atoms with E-state index in [0.717, 1.165) is 6.54 Å². The molecular formula is C14H16ClFN4O. The number of benzene rings is 1. The highest BCUT2D eigenvalue weighted by atomic mass is 35.5. The van der Waals surface area contributed by atoms with Crippen molar-refractivity contribution in [3.05, 3.63) is 41.4 Å². The van der Waals surface area contributed by atoms with Crippen molar-refractivity contribution in [2.24, 2.45) is 0 Å². The Balaban J connectivity index is 2.01. The molecule has 2 aromatic rings. The molecule has 0 saturated heterocycles. The molecule has 1 aromatic heterocycles. The standard InChI is InChI=1S/C14H16ClFN4O/c1-20(2)5-6-21-14-8-13(17-9-18-14)19-10-3-4-12(16)11(15)7-10/h3-4,7-9H,5-6H2,1-2H3,(H,17,18,19). The number of nitrogens with zero attached hydrogens (tertiary/aromatic N) is 3. The van der Waals surface area contributed by atoms with E-state index in [1.54, 1.807) is 12.1 Å². The summed E-state index contributed by atoms with van der Waals surface area (Å²) >= 11 is 5.73. The molecule has 5 nitrogen and oxygen atoms in total. The Kier molecular flexibility index (Phi) is 5.30. The van der Waals surface area contributed by atoms with Crippen molar-refractivity contribution in [1.82, 2.24) is 14.9 Å². The zero-order valence-corrected chi connectivity index (χ0v) is 12.6. The Morgan fingerprint density at radius 1 is 1.29 bits per heavy atom. The molecule has 21 heavy (non-hydrogen) atoms. The largest absolute Gasteiger partial charge is 0.476 e. The van der Waals surface area contributed by atoms with E-state index in [1.165, 1.54) is 18.5 Å². The van der Waals surface area contributed by atoms with Crippen LogP contribution in [0.1, 0.15) is 0 Å². The molecule has 7 heteroatoms. The molecule has 0 bridgehead atoms. The maximum Gasteiger partial charge on any atom is 0.218 e. The average molecular weight is 311 g/mol. The van der Waals surface area contributed by atoms with Crippen molar-refractivity contribution in [3.8, 4) is 5.88 Å². The number of ether oxygens (including phenoxy) is 1. The van der Waals surface area contributed by atoms with E-state index in [0.29, 0.717) is 24.0 Å². The first kappa shape index (κ1) is 15.5. The first-order valence-electron chi connectivity index (χ1n) is 6.36. The Labute approximate surface area is 127 Å². The lowest BCUT2D eigenvalue weighted by Gasteiger charge is -2.11. The van der Waals surface area contributed by atoms with E-state index in [1.807, 2.05) is 19.0 Å². The second kappa shape index (κ2) is 7.19. The summed E-state index contributed by atoms with van der Waals surface area (Å²) in [6.45, 7) is 1.33. The quantitative estimate of drug-likeness (QED) is 0.889. The Hall–Kier alpha value is -1.92. The summed E-state index contributed by atoms with van der Waals surface area (Å²) in [7, 11) is 3.93. The zero-order valence-electron chi connectivity index (χ0n) is 11.8. The number of rotatable bonds is 6. The van der Waals surface area contributed by atoms with Gasteiger partial charge in [0.2, 0.25) is 5.88 Å². The van der Waals surface area contributed by atoms with Crippen LogP contribution < -0.4 is 10.1 Å². The van der Waals surface area contributed by atoms with Crippen LogP contribution in [0.15, 0.2) is 30.6 Å². The summed E-state index contributed by atoms with van der Waals surface area (Å²) in [5.41, 5.74) is 0.638. The summed E-state index contributed by atoms with van der Waals surface area (Å²) in [5, 5.41) is 3.07. The third kappa shape index (κ3) is 4.84. The fourth-order valence-electron chi connectivity index (χ4n) is 1.54. The fourth-order valence-corrected chi connectivity index (χ4v) is 1.72. The Bertz CT molecular complexity index is 609. The molecule has 1 N–H and O–H groups in total. The fraction of sp³-hybridized carbons (Fsp3) is 0.286. The topological polar surface area (TPSA) is 50.3 Å². The van der Waals surface area contributed by atoms with Crippen LogP contribution in [0.4, 0.5) is 15.9 Å². The van der Waals surface area contributed by atoms with Gasteiger partial charge in [-0.3, -0.25) is 0 Å². The van der Waals surface area contributed by atoms with E-state index in [-0.39, 0.29) is 5.02 Å². The van der Waals surface area contributed by atoms with Gasteiger partial charge >= 0.3 is 0 Å². The van der Waals surface area contributed by atoms with Crippen LogP contribution in [0, 0.1) is 5.82 Å². The minimum atomic E-state index is -0.461. The van der Waals surface area contributed by atoms with Crippen molar-refractivity contribution >= 4 is 23.1 Å². The van der Waals surface area contributed by atoms with E-state index >= 15 is 0 Å². The summed E-state index contributed by atoms with van der Waals surface area (Å²) in [6, 6.07) is 6.04. The van der Waals surface area contributed by atoms with Crippen molar-refractivity contribution in [1.29, 1.82) is 0 Å². The number of hydrogen-bond donors (Lipinski definition) is 1. The van der Waals surface area contributed by atoms with Crippen LogP contribution in [0.25, 0.3) is 0 Å². The SMILES string of the molecule is CN(C)CCOc1cc(Nc2ccc(F)c(Cl)c2)ncn1. The highest BCUT2D eigenvalue weighted by molar-refractivity contribution is 6.31. The first-order valence-corrected chi connectivity index (χ1v) is 6.74. The van der Waals surface area contributed by atoms with Gasteiger partial charge in [0, 0.05) is 18.3 Å². The first-order chi connectivity index (χ1) is 10.0. The van der Waals surface area contributed by atoms with Gasteiger partial charge < -0.3 is 15.0 Å². The summed E-state index contributed by atoms with van der Waals surface area (Å²) in [6.07, 6.45) is 1.40. The summed E-state index contributed by atoms with van der Waals surface area (Å²) in [5.74, 6) is 0.563. The molecule has 0 fully saturated rings. The predicted octanol–water partition coefficient (Wildman–Crippen LogP) is 2.95. The van der Waals surface area contributed by atoms with Crippen molar-refractivity contribution in [2.45, 2.75) is 0 Å². The van der Waals surface area contributed by atoms with Gasteiger partial charge in [0.15, 0.2) is 0 Å². The van der Waals surface area contributed by atoms with Gasteiger partial charge in [0.05, 0.1) is 5.02 Å². The second-order valence-electron chi connectivity index (χ2n) is 4.65. The second-order valence-corrected chi connectivity index (χ2v) is 5.05. The zero-order chi connectivity index (χ0) is 15.2. The van der Waals surface area contributed by atoms with Gasteiger partial charge in [-0.15, -0.1) is 0 Å². The van der Waals surface area contributed by atoms with Crippen molar-refractivity contribution in [2.75, 3.05) is 32.6 Å². The molecule has 1 heterocycles. The van der Waals surface area contributed by atoms with Gasteiger partial charge in [0.1, 0.15) is 24.6 Å². The molecule has 0 saturated carbocycles. The van der Waals surface area contributed by atoms with Crippen LogP contribution in [0.2, 0.25) is 5.02 Å². The highest BCUT2D eigenvalue weighted by Crippen LogP contribution is 2.22. The van der Waals surface area contributed by atoms with Crippen LogP contribution in [-0.4, -0.2) is 42.1 Å². The number of hydrogen-bond acceptors (Lipinski definition) is 5. The normalized spacial score (nSPS) is 10.7. The maximum absolute atomic E-state index is 13.1. The van der Waals surface area contributed by atoms with Crippen LogP contribution in [0.3, 0.4) is 0 Å². The van der Waals surface area contributed by atoms with Crippen molar-refractivity contribution in [3.63, 3.8) is 0 Å². The smallest absolute Gasteiger partial charge is 0.218 e. The van der Waals surface area contributed by atoms with E-state index < -0.39 is 5.82 Å². The van der Waals surface area contributed by atoms with E-state index in [2.05, 4.69) is 15.3 Å². The van der Waals surface area contributed by atoms with E-state index in [9.17, 15) is 4.39 Å². The van der Waals surface area contributed by atoms with Gasteiger partial charge in [-0.05, 0) is 32.3 Å². The number of anilines is 2. The van der Waals surface area contributed by atoms with Gasteiger partial charge in [-0.2, -0.15) is 0 Å². The third-order valence-electron chi connectivity index (χ3n) is 2.62. The Morgan fingerprint density at radius 2 is 2.10 bits per heavy atom. The predicted molar refractivity (Wildman–Crippen MR) is 80.8 cm³/mol. The monoisotopic (exact) mass is 310 g/mol. The molecule has 0 aliphatic heterocycles. The highest BCUT2D eigenvalue weighted by Gasteiger charge is 2.04. The minimum Gasteiger partial charge on any atom is -0.476 e. The molecule has 0 amide bonds.